The maximum atomic E-state index is 3.90. The monoisotopic (exact) mass is 618 g/mol. The van der Waals surface area contributed by atoms with E-state index in [2.05, 4.69) is 112 Å². The SMILES string of the molecule is C=C/C=C(\C=C/C)c1ccc(-c2ccc(-c3ccc4c(CCCCC)c5ccccc5c(CCCCCC)c4c3)s2)s1.CC. The Hall–Kier alpha value is -3.20. The molecule has 44 heavy (non-hydrogen) atoms. The van der Waals surface area contributed by atoms with Crippen LogP contribution in [0.3, 0.4) is 0 Å². The summed E-state index contributed by atoms with van der Waals surface area (Å²) in [5.74, 6) is 0. The summed E-state index contributed by atoms with van der Waals surface area (Å²) in [6.45, 7) is 14.6. The van der Waals surface area contributed by atoms with Crippen LogP contribution in [0.1, 0.15) is 95.6 Å². The number of hydrogen-bond acceptors (Lipinski definition) is 2. The Morgan fingerprint density at radius 2 is 1.25 bits per heavy atom. The summed E-state index contributed by atoms with van der Waals surface area (Å²) in [6, 6.07) is 25.6. The lowest BCUT2D eigenvalue weighted by atomic mass is 9.86. The van der Waals surface area contributed by atoms with Gasteiger partial charge in [-0.25, -0.2) is 0 Å². The Morgan fingerprint density at radius 3 is 1.93 bits per heavy atom. The maximum Gasteiger partial charge on any atom is 0.0449 e. The van der Waals surface area contributed by atoms with Gasteiger partial charge in [-0.15, -0.1) is 22.7 Å². The average Bonchev–Trinajstić information content (AvgIpc) is 3.75. The molecule has 0 amide bonds. The highest BCUT2D eigenvalue weighted by atomic mass is 32.1. The van der Waals surface area contributed by atoms with Crippen LogP contribution in [0, 0.1) is 0 Å². The van der Waals surface area contributed by atoms with Gasteiger partial charge in [-0.1, -0.05) is 127 Å². The third kappa shape index (κ3) is 7.89. The van der Waals surface area contributed by atoms with Crippen molar-refractivity contribution in [2.45, 2.75) is 92.4 Å². The molecule has 2 heteroatoms. The van der Waals surface area contributed by atoms with Crippen molar-refractivity contribution in [1.82, 2.24) is 0 Å². The first-order valence-corrected chi connectivity index (χ1v) is 18.4. The normalized spacial score (nSPS) is 11.8. The fraction of sp³-hybridized carbons (Fsp3) is 0.333. The van der Waals surface area contributed by atoms with Crippen LogP contribution in [0.5, 0.6) is 0 Å². The third-order valence-electron chi connectivity index (χ3n) is 8.23. The molecule has 2 aromatic heterocycles. The van der Waals surface area contributed by atoms with E-state index in [1.54, 1.807) is 11.1 Å². The first kappa shape index (κ1) is 33.7. The lowest BCUT2D eigenvalue weighted by Gasteiger charge is -2.18. The van der Waals surface area contributed by atoms with E-state index in [9.17, 15) is 0 Å². The second-order valence-electron chi connectivity index (χ2n) is 11.2. The largest absolute Gasteiger partial charge is 0.134 e. The van der Waals surface area contributed by atoms with Gasteiger partial charge in [-0.05, 0) is 107 Å². The fourth-order valence-electron chi connectivity index (χ4n) is 6.11. The van der Waals surface area contributed by atoms with Crippen LogP contribution in [0.2, 0.25) is 0 Å². The zero-order valence-corrected chi connectivity index (χ0v) is 29.2. The van der Waals surface area contributed by atoms with E-state index in [4.69, 9.17) is 0 Å². The predicted octanol–water partition coefficient (Wildman–Crippen LogP) is 14.5. The molecule has 0 N–H and O–H groups in total. The van der Waals surface area contributed by atoms with Crippen LogP contribution in [0.15, 0.2) is 97.6 Å². The van der Waals surface area contributed by atoms with E-state index < -0.39 is 0 Å². The highest BCUT2D eigenvalue weighted by molar-refractivity contribution is 7.24. The first-order valence-electron chi connectivity index (χ1n) is 16.8. The van der Waals surface area contributed by atoms with Crippen molar-refractivity contribution in [3.05, 3.63) is 114 Å². The van der Waals surface area contributed by atoms with Gasteiger partial charge in [0.1, 0.15) is 0 Å². The number of benzene rings is 3. The Balaban J connectivity index is 0.00000216. The Bertz CT molecular complexity index is 1700. The summed E-state index contributed by atoms with van der Waals surface area (Å²) < 4.78 is 0. The number of unbranched alkanes of at least 4 members (excludes halogenated alkanes) is 5. The van der Waals surface area contributed by atoms with Gasteiger partial charge < -0.3 is 0 Å². The first-order chi connectivity index (χ1) is 21.7. The van der Waals surface area contributed by atoms with Gasteiger partial charge in [-0.3, -0.25) is 0 Å². The second kappa shape index (κ2) is 17.3. The third-order valence-corrected chi connectivity index (χ3v) is 10.7. The zero-order valence-electron chi connectivity index (χ0n) is 27.5. The molecule has 5 rings (SSSR count). The molecule has 0 aliphatic carbocycles. The number of hydrogen-bond donors (Lipinski definition) is 0. The summed E-state index contributed by atoms with van der Waals surface area (Å²) in [5.41, 5.74) is 5.63. The minimum Gasteiger partial charge on any atom is -0.134 e. The minimum atomic E-state index is 1.15. The number of aryl methyl sites for hydroxylation is 2. The molecular weight excluding hydrogens is 569 g/mol. The van der Waals surface area contributed by atoms with Crippen molar-refractivity contribution in [2.75, 3.05) is 0 Å². The Labute approximate surface area is 274 Å². The van der Waals surface area contributed by atoms with Gasteiger partial charge >= 0.3 is 0 Å². The topological polar surface area (TPSA) is 0 Å². The summed E-state index contributed by atoms with van der Waals surface area (Å²) in [7, 11) is 0. The Kier molecular flexibility index (Phi) is 13.3. The molecule has 0 aliphatic rings. The summed E-state index contributed by atoms with van der Waals surface area (Å²) in [4.78, 5) is 5.27. The molecule has 0 bridgehead atoms. The average molecular weight is 619 g/mol. The number of fused-ring (bicyclic) bond motifs is 2. The van der Waals surface area contributed by atoms with Crippen molar-refractivity contribution >= 4 is 49.8 Å². The van der Waals surface area contributed by atoms with Crippen LogP contribution in [0.4, 0.5) is 0 Å². The van der Waals surface area contributed by atoms with E-state index in [0.29, 0.717) is 0 Å². The van der Waals surface area contributed by atoms with Crippen molar-refractivity contribution in [3.8, 4) is 20.2 Å². The van der Waals surface area contributed by atoms with Gasteiger partial charge in [0.25, 0.3) is 0 Å². The maximum absolute atomic E-state index is 3.90. The minimum absolute atomic E-state index is 1.15. The van der Waals surface area contributed by atoms with E-state index in [0.717, 1.165) is 12.8 Å². The van der Waals surface area contributed by atoms with Crippen molar-refractivity contribution in [2.24, 2.45) is 0 Å². The van der Waals surface area contributed by atoms with Crippen molar-refractivity contribution < 1.29 is 0 Å². The van der Waals surface area contributed by atoms with E-state index in [1.165, 1.54) is 97.1 Å². The molecule has 0 aliphatic heterocycles. The van der Waals surface area contributed by atoms with Crippen LogP contribution in [-0.4, -0.2) is 0 Å². The summed E-state index contributed by atoms with van der Waals surface area (Å²) in [6.07, 6.45) is 19.5. The number of allylic oxidation sites excluding steroid dienone is 5. The van der Waals surface area contributed by atoms with Gasteiger partial charge in [-0.2, -0.15) is 0 Å². The van der Waals surface area contributed by atoms with E-state index in [1.807, 2.05) is 42.6 Å². The molecule has 0 atom stereocenters. The molecule has 0 nitrogen and oxygen atoms in total. The lowest BCUT2D eigenvalue weighted by molar-refractivity contribution is 0.669. The van der Waals surface area contributed by atoms with Gasteiger partial charge in [0.2, 0.25) is 0 Å². The van der Waals surface area contributed by atoms with Crippen molar-refractivity contribution in [3.63, 3.8) is 0 Å². The quantitative estimate of drug-likeness (QED) is 0.0660. The molecule has 0 unspecified atom stereocenters. The van der Waals surface area contributed by atoms with Gasteiger partial charge in [0.05, 0.1) is 0 Å². The molecule has 0 fully saturated rings. The molecule has 3 aromatic carbocycles. The smallest absolute Gasteiger partial charge is 0.0449 e. The summed E-state index contributed by atoms with van der Waals surface area (Å²) >= 11 is 3.76. The van der Waals surface area contributed by atoms with Crippen LogP contribution < -0.4 is 0 Å². The molecule has 230 valence electrons. The molecule has 0 spiro atoms. The standard InChI is InChI=1S/C40H44S2.C2H6/c1-5-9-11-13-19-34-32-21-15-14-20-31(32)33(18-12-10-6-2)35-23-22-30(28-36(34)35)38-25-27-40(42-38)39-26-24-37(41-39)29(16-7-3)17-8-4;1-2/h7-8,14-17,20-28H,3,5-6,9-13,18-19H2,1-2,4H3;1-2H3/b17-8-,29-16+;. The molecule has 2 heterocycles. The molecular formula is C42H50S2. The summed E-state index contributed by atoms with van der Waals surface area (Å²) in [5, 5.41) is 5.86. The van der Waals surface area contributed by atoms with E-state index >= 15 is 0 Å². The highest BCUT2D eigenvalue weighted by Gasteiger charge is 2.16. The second-order valence-corrected chi connectivity index (χ2v) is 13.4. The number of rotatable bonds is 14. The van der Waals surface area contributed by atoms with Gasteiger partial charge in [0.15, 0.2) is 0 Å². The lowest BCUT2D eigenvalue weighted by Crippen LogP contribution is -1.97. The molecule has 5 aromatic rings. The van der Waals surface area contributed by atoms with Crippen molar-refractivity contribution in [1.29, 1.82) is 0 Å². The predicted molar refractivity (Wildman–Crippen MR) is 203 cm³/mol. The van der Waals surface area contributed by atoms with Gasteiger partial charge in [0, 0.05) is 19.5 Å². The fourth-order valence-corrected chi connectivity index (χ4v) is 8.21. The Morgan fingerprint density at radius 1 is 0.659 bits per heavy atom. The van der Waals surface area contributed by atoms with Crippen LogP contribution in [0.25, 0.3) is 47.3 Å². The van der Waals surface area contributed by atoms with E-state index in [-0.39, 0.29) is 0 Å². The molecule has 0 saturated heterocycles. The molecule has 0 saturated carbocycles. The number of thiophene rings is 2. The van der Waals surface area contributed by atoms with Crippen LogP contribution in [-0.2, 0) is 12.8 Å². The molecule has 0 radical (unpaired) electrons. The highest BCUT2D eigenvalue weighted by Crippen LogP contribution is 2.42. The van der Waals surface area contributed by atoms with Crippen LogP contribution >= 0.6 is 22.7 Å². The zero-order chi connectivity index (χ0) is 31.3.